The molecule has 100 valence electrons. The standard InChI is InChI=1S/C15H17BrN2S/c16-15-6-5-12(19-15)10-18-14-7-8-17-9-11-3-1-2-4-13(11)14/h1-6,14,17-18H,7-10H2. The summed E-state index contributed by atoms with van der Waals surface area (Å²) in [6, 6.07) is 13.5. The molecule has 2 nitrogen and oxygen atoms in total. The van der Waals surface area contributed by atoms with Gasteiger partial charge in [0.25, 0.3) is 0 Å². The van der Waals surface area contributed by atoms with Crippen molar-refractivity contribution in [1.29, 1.82) is 0 Å². The van der Waals surface area contributed by atoms with E-state index in [1.807, 2.05) is 0 Å². The van der Waals surface area contributed by atoms with Crippen molar-refractivity contribution in [2.24, 2.45) is 0 Å². The number of hydrogen-bond acceptors (Lipinski definition) is 3. The van der Waals surface area contributed by atoms with Gasteiger partial charge < -0.3 is 10.6 Å². The molecular formula is C15H17BrN2S. The van der Waals surface area contributed by atoms with E-state index in [1.165, 1.54) is 19.8 Å². The molecule has 0 radical (unpaired) electrons. The Hall–Kier alpha value is -0.680. The summed E-state index contributed by atoms with van der Waals surface area (Å²) >= 11 is 5.32. The molecule has 0 fully saturated rings. The zero-order valence-corrected chi connectivity index (χ0v) is 13.1. The highest BCUT2D eigenvalue weighted by molar-refractivity contribution is 9.11. The van der Waals surface area contributed by atoms with Gasteiger partial charge in [0.2, 0.25) is 0 Å². The molecule has 1 aromatic heterocycles. The van der Waals surface area contributed by atoms with Gasteiger partial charge in [-0.25, -0.2) is 0 Å². The third-order valence-electron chi connectivity index (χ3n) is 3.51. The lowest BCUT2D eigenvalue weighted by Crippen LogP contribution is -2.22. The normalized spacial score (nSPS) is 18.9. The van der Waals surface area contributed by atoms with E-state index in [0.29, 0.717) is 6.04 Å². The molecule has 0 saturated heterocycles. The minimum Gasteiger partial charge on any atom is -0.313 e. The number of hydrogen-bond donors (Lipinski definition) is 2. The molecule has 1 unspecified atom stereocenters. The van der Waals surface area contributed by atoms with E-state index in [1.54, 1.807) is 11.3 Å². The first kappa shape index (κ1) is 13.3. The lowest BCUT2D eigenvalue weighted by Gasteiger charge is -2.18. The Labute approximate surface area is 126 Å². The zero-order chi connectivity index (χ0) is 13.1. The summed E-state index contributed by atoms with van der Waals surface area (Å²) in [5.41, 5.74) is 2.87. The molecule has 19 heavy (non-hydrogen) atoms. The van der Waals surface area contributed by atoms with Crippen LogP contribution in [0.3, 0.4) is 0 Å². The highest BCUT2D eigenvalue weighted by atomic mass is 79.9. The van der Waals surface area contributed by atoms with Gasteiger partial charge >= 0.3 is 0 Å². The molecule has 0 amide bonds. The SMILES string of the molecule is Brc1ccc(CNC2CCNCc3ccccc32)s1. The third-order valence-corrected chi connectivity index (χ3v) is 5.13. The topological polar surface area (TPSA) is 24.1 Å². The molecule has 3 rings (SSSR count). The first-order valence-electron chi connectivity index (χ1n) is 6.59. The summed E-state index contributed by atoms with van der Waals surface area (Å²) in [4.78, 5) is 1.38. The molecule has 1 aliphatic rings. The lowest BCUT2D eigenvalue weighted by molar-refractivity contribution is 0.498. The minimum absolute atomic E-state index is 0.451. The number of thiophene rings is 1. The third kappa shape index (κ3) is 3.26. The highest BCUT2D eigenvalue weighted by Gasteiger charge is 2.17. The molecule has 1 aromatic carbocycles. The van der Waals surface area contributed by atoms with Crippen LogP contribution in [0.2, 0.25) is 0 Å². The summed E-state index contributed by atoms with van der Waals surface area (Å²) in [7, 11) is 0. The molecular weight excluding hydrogens is 320 g/mol. The predicted octanol–water partition coefficient (Wildman–Crippen LogP) is 3.83. The average molecular weight is 337 g/mol. The van der Waals surface area contributed by atoms with E-state index < -0.39 is 0 Å². The molecule has 4 heteroatoms. The van der Waals surface area contributed by atoms with Crippen molar-refractivity contribution in [1.82, 2.24) is 10.6 Å². The van der Waals surface area contributed by atoms with Crippen molar-refractivity contribution >= 4 is 27.3 Å². The van der Waals surface area contributed by atoms with Gasteiger partial charge in [0, 0.05) is 24.0 Å². The predicted molar refractivity (Wildman–Crippen MR) is 84.4 cm³/mol. The second-order valence-electron chi connectivity index (χ2n) is 4.80. The fourth-order valence-corrected chi connectivity index (χ4v) is 3.98. The van der Waals surface area contributed by atoms with E-state index in [4.69, 9.17) is 0 Å². The maximum Gasteiger partial charge on any atom is 0.0701 e. The van der Waals surface area contributed by atoms with Crippen LogP contribution in [0.25, 0.3) is 0 Å². The Bertz CT molecular complexity index is 553. The zero-order valence-electron chi connectivity index (χ0n) is 10.7. The van der Waals surface area contributed by atoms with Crippen LogP contribution >= 0.6 is 27.3 Å². The van der Waals surface area contributed by atoms with E-state index >= 15 is 0 Å². The molecule has 2 heterocycles. The van der Waals surface area contributed by atoms with Gasteiger partial charge in [-0.3, -0.25) is 0 Å². The number of halogens is 1. The fourth-order valence-electron chi connectivity index (χ4n) is 2.54. The largest absolute Gasteiger partial charge is 0.313 e. The van der Waals surface area contributed by atoms with Crippen LogP contribution in [0.4, 0.5) is 0 Å². The minimum atomic E-state index is 0.451. The molecule has 0 aliphatic carbocycles. The molecule has 2 aromatic rings. The monoisotopic (exact) mass is 336 g/mol. The van der Waals surface area contributed by atoms with E-state index in [2.05, 4.69) is 63.0 Å². The Morgan fingerprint density at radius 1 is 1.26 bits per heavy atom. The van der Waals surface area contributed by atoms with E-state index in [-0.39, 0.29) is 0 Å². The summed E-state index contributed by atoms with van der Waals surface area (Å²) in [6.45, 7) is 2.99. The number of benzene rings is 1. The van der Waals surface area contributed by atoms with Crippen LogP contribution in [0, 0.1) is 0 Å². The van der Waals surface area contributed by atoms with E-state index in [0.717, 1.165) is 26.1 Å². The van der Waals surface area contributed by atoms with Crippen LogP contribution in [0.15, 0.2) is 40.2 Å². The van der Waals surface area contributed by atoms with Crippen molar-refractivity contribution in [2.45, 2.75) is 25.6 Å². The quantitative estimate of drug-likeness (QED) is 0.889. The molecule has 0 bridgehead atoms. The van der Waals surface area contributed by atoms with Crippen LogP contribution < -0.4 is 10.6 Å². The lowest BCUT2D eigenvalue weighted by atomic mass is 9.99. The number of rotatable bonds is 3. The molecule has 0 saturated carbocycles. The smallest absolute Gasteiger partial charge is 0.0701 e. The van der Waals surface area contributed by atoms with Crippen molar-refractivity contribution in [3.8, 4) is 0 Å². The van der Waals surface area contributed by atoms with Crippen molar-refractivity contribution < 1.29 is 0 Å². The first-order valence-corrected chi connectivity index (χ1v) is 8.20. The Morgan fingerprint density at radius 2 is 2.16 bits per heavy atom. The fraction of sp³-hybridized carbons (Fsp3) is 0.333. The molecule has 2 N–H and O–H groups in total. The maximum absolute atomic E-state index is 3.70. The van der Waals surface area contributed by atoms with Crippen LogP contribution in [0.1, 0.15) is 28.5 Å². The van der Waals surface area contributed by atoms with Gasteiger partial charge in [-0.2, -0.15) is 0 Å². The Balaban J connectivity index is 1.73. The van der Waals surface area contributed by atoms with Gasteiger partial charge in [-0.15, -0.1) is 11.3 Å². The average Bonchev–Trinajstić information content (AvgIpc) is 2.73. The Morgan fingerprint density at radius 3 is 3.00 bits per heavy atom. The molecule has 1 atom stereocenters. The molecule has 1 aliphatic heterocycles. The molecule has 0 spiro atoms. The summed E-state index contributed by atoms with van der Waals surface area (Å²) in [5, 5.41) is 7.19. The maximum atomic E-state index is 3.70. The van der Waals surface area contributed by atoms with Crippen molar-refractivity contribution in [2.75, 3.05) is 6.54 Å². The summed E-state index contributed by atoms with van der Waals surface area (Å²) in [6.07, 6.45) is 1.14. The highest BCUT2D eigenvalue weighted by Crippen LogP contribution is 2.26. The van der Waals surface area contributed by atoms with Gasteiger partial charge in [0.15, 0.2) is 0 Å². The van der Waals surface area contributed by atoms with Crippen LogP contribution in [0.5, 0.6) is 0 Å². The van der Waals surface area contributed by atoms with Gasteiger partial charge in [0.05, 0.1) is 3.79 Å². The second kappa shape index (κ2) is 6.18. The van der Waals surface area contributed by atoms with Crippen molar-refractivity contribution in [3.05, 3.63) is 56.2 Å². The Kier molecular flexibility index (Phi) is 4.33. The first-order chi connectivity index (χ1) is 9.33. The van der Waals surface area contributed by atoms with Gasteiger partial charge in [-0.05, 0) is 52.2 Å². The van der Waals surface area contributed by atoms with Gasteiger partial charge in [-0.1, -0.05) is 24.3 Å². The van der Waals surface area contributed by atoms with E-state index in [9.17, 15) is 0 Å². The number of nitrogens with one attached hydrogen (secondary N) is 2. The van der Waals surface area contributed by atoms with Crippen LogP contribution in [-0.2, 0) is 13.1 Å². The summed E-state index contributed by atoms with van der Waals surface area (Å²) < 4.78 is 1.20. The van der Waals surface area contributed by atoms with Crippen molar-refractivity contribution in [3.63, 3.8) is 0 Å². The second-order valence-corrected chi connectivity index (χ2v) is 7.35. The number of fused-ring (bicyclic) bond motifs is 1. The van der Waals surface area contributed by atoms with Crippen LogP contribution in [-0.4, -0.2) is 6.54 Å². The summed E-state index contributed by atoms with van der Waals surface area (Å²) in [5.74, 6) is 0. The van der Waals surface area contributed by atoms with Gasteiger partial charge in [0.1, 0.15) is 0 Å².